The average molecular weight is 269 g/mol. The Labute approximate surface area is 115 Å². The van der Waals surface area contributed by atoms with Crippen LogP contribution in [0.5, 0.6) is 0 Å². The van der Waals surface area contributed by atoms with Crippen molar-refractivity contribution in [2.24, 2.45) is 5.73 Å². The van der Waals surface area contributed by atoms with E-state index in [1.165, 1.54) is 5.56 Å². The van der Waals surface area contributed by atoms with Crippen molar-refractivity contribution in [2.75, 3.05) is 13.1 Å². The smallest absolute Gasteiger partial charge is 0.253 e. The Bertz CT molecular complexity index is 403. The van der Waals surface area contributed by atoms with Gasteiger partial charge in [-0.25, -0.2) is 0 Å². The maximum atomic E-state index is 12.1. The largest absolute Gasteiger partial charge is 0.337 e. The second-order valence-corrected chi connectivity index (χ2v) is 5.08. The zero-order valence-corrected chi connectivity index (χ0v) is 11.7. The lowest BCUT2D eigenvalue weighted by molar-refractivity contribution is 0.0791. The van der Waals surface area contributed by atoms with Crippen molar-refractivity contribution in [3.8, 4) is 0 Å². The molecule has 0 unspecified atom stereocenters. The highest BCUT2D eigenvalue weighted by Gasteiger charge is 2.24. The van der Waals surface area contributed by atoms with Crippen molar-refractivity contribution < 1.29 is 4.79 Å². The zero-order valence-electron chi connectivity index (χ0n) is 10.9. The first-order valence-electron chi connectivity index (χ1n) is 6.22. The number of benzene rings is 1. The summed E-state index contributed by atoms with van der Waals surface area (Å²) < 4.78 is 0. The van der Waals surface area contributed by atoms with Gasteiger partial charge in [0.25, 0.3) is 5.91 Å². The zero-order chi connectivity index (χ0) is 12.4. The van der Waals surface area contributed by atoms with E-state index in [2.05, 4.69) is 13.8 Å². The number of amides is 1. The van der Waals surface area contributed by atoms with Gasteiger partial charge in [0.1, 0.15) is 0 Å². The van der Waals surface area contributed by atoms with Gasteiger partial charge in [-0.05, 0) is 30.0 Å². The molecular weight excluding hydrogens is 248 g/mol. The molecule has 1 aromatic carbocycles. The minimum Gasteiger partial charge on any atom is -0.337 e. The van der Waals surface area contributed by atoms with Gasteiger partial charge in [0, 0.05) is 24.7 Å². The van der Waals surface area contributed by atoms with Gasteiger partial charge < -0.3 is 10.6 Å². The lowest BCUT2D eigenvalue weighted by Gasteiger charge is -2.16. The highest BCUT2D eigenvalue weighted by atomic mass is 35.5. The predicted octanol–water partition coefficient (Wildman–Crippen LogP) is 2.41. The third kappa shape index (κ3) is 3.24. The van der Waals surface area contributed by atoms with Crippen LogP contribution in [0, 0.1) is 0 Å². The standard InChI is InChI=1S/C14H20N2O.ClH/c1-10(2)11-3-5-12(6-4-11)14(17)16-8-7-13(15)9-16;/h3-6,10,13H,7-9,15H2,1-2H3;1H/t13-;/m1./s1. The molecule has 0 saturated carbocycles. The van der Waals surface area contributed by atoms with E-state index < -0.39 is 0 Å². The van der Waals surface area contributed by atoms with Gasteiger partial charge >= 0.3 is 0 Å². The molecule has 4 heteroatoms. The van der Waals surface area contributed by atoms with Crippen LogP contribution in [0.25, 0.3) is 0 Å². The molecule has 1 saturated heterocycles. The molecule has 2 N–H and O–H groups in total. The second kappa shape index (κ2) is 6.21. The van der Waals surface area contributed by atoms with E-state index in [0.29, 0.717) is 12.5 Å². The van der Waals surface area contributed by atoms with Gasteiger partial charge in [-0.1, -0.05) is 26.0 Å². The number of carbonyl (C=O) groups excluding carboxylic acids is 1. The Morgan fingerprint density at radius 3 is 2.39 bits per heavy atom. The van der Waals surface area contributed by atoms with Crippen LogP contribution in [0.15, 0.2) is 24.3 Å². The number of likely N-dealkylation sites (tertiary alicyclic amines) is 1. The van der Waals surface area contributed by atoms with Crippen LogP contribution < -0.4 is 5.73 Å². The van der Waals surface area contributed by atoms with E-state index in [-0.39, 0.29) is 24.4 Å². The number of hydrogen-bond acceptors (Lipinski definition) is 2. The second-order valence-electron chi connectivity index (χ2n) is 5.08. The van der Waals surface area contributed by atoms with Crippen molar-refractivity contribution in [1.82, 2.24) is 4.90 Å². The molecule has 1 atom stereocenters. The normalized spacial score (nSPS) is 18.9. The summed E-state index contributed by atoms with van der Waals surface area (Å²) in [6.45, 7) is 5.77. The fraction of sp³-hybridized carbons (Fsp3) is 0.500. The summed E-state index contributed by atoms with van der Waals surface area (Å²) in [6, 6.07) is 8.05. The van der Waals surface area contributed by atoms with Crippen LogP contribution in [-0.2, 0) is 0 Å². The first-order valence-corrected chi connectivity index (χ1v) is 6.22. The number of nitrogens with zero attached hydrogens (tertiary/aromatic N) is 1. The summed E-state index contributed by atoms with van der Waals surface area (Å²) >= 11 is 0. The first-order chi connectivity index (χ1) is 8.08. The Morgan fingerprint density at radius 2 is 1.94 bits per heavy atom. The Balaban J connectivity index is 0.00000162. The molecule has 3 nitrogen and oxygen atoms in total. The molecule has 0 spiro atoms. The molecular formula is C14H21ClN2O. The third-order valence-corrected chi connectivity index (χ3v) is 3.34. The van der Waals surface area contributed by atoms with Crippen LogP contribution in [-0.4, -0.2) is 29.9 Å². The lowest BCUT2D eigenvalue weighted by Crippen LogP contribution is -2.31. The summed E-state index contributed by atoms with van der Waals surface area (Å²) in [4.78, 5) is 14.0. The maximum Gasteiger partial charge on any atom is 0.253 e. The number of halogens is 1. The first kappa shape index (κ1) is 15.0. The van der Waals surface area contributed by atoms with Crippen molar-refractivity contribution in [1.29, 1.82) is 0 Å². The number of carbonyl (C=O) groups is 1. The van der Waals surface area contributed by atoms with E-state index in [4.69, 9.17) is 5.73 Å². The van der Waals surface area contributed by atoms with Crippen LogP contribution in [0.3, 0.4) is 0 Å². The van der Waals surface area contributed by atoms with E-state index >= 15 is 0 Å². The van der Waals surface area contributed by atoms with E-state index in [0.717, 1.165) is 18.5 Å². The molecule has 1 aliphatic rings. The molecule has 1 heterocycles. The molecule has 0 radical (unpaired) electrons. The van der Waals surface area contributed by atoms with E-state index in [1.807, 2.05) is 29.2 Å². The molecule has 18 heavy (non-hydrogen) atoms. The summed E-state index contributed by atoms with van der Waals surface area (Å²) in [5, 5.41) is 0. The molecule has 0 aromatic heterocycles. The van der Waals surface area contributed by atoms with E-state index in [1.54, 1.807) is 0 Å². The number of hydrogen-bond donors (Lipinski definition) is 1. The minimum absolute atomic E-state index is 0. The maximum absolute atomic E-state index is 12.1. The summed E-state index contributed by atoms with van der Waals surface area (Å²) in [7, 11) is 0. The fourth-order valence-corrected chi connectivity index (χ4v) is 2.16. The van der Waals surface area contributed by atoms with Crippen LogP contribution in [0.4, 0.5) is 0 Å². The molecule has 2 rings (SSSR count). The van der Waals surface area contributed by atoms with Crippen LogP contribution >= 0.6 is 12.4 Å². The molecule has 1 fully saturated rings. The van der Waals surface area contributed by atoms with Gasteiger partial charge in [0.05, 0.1) is 0 Å². The van der Waals surface area contributed by atoms with Crippen LogP contribution in [0.2, 0.25) is 0 Å². The SMILES string of the molecule is CC(C)c1ccc(C(=O)N2CC[C@@H](N)C2)cc1.Cl. The van der Waals surface area contributed by atoms with Gasteiger partial charge in [-0.3, -0.25) is 4.79 Å². The number of rotatable bonds is 2. The quantitative estimate of drug-likeness (QED) is 0.895. The summed E-state index contributed by atoms with van der Waals surface area (Å²) in [6.07, 6.45) is 0.913. The highest BCUT2D eigenvalue weighted by molar-refractivity contribution is 5.94. The Kier molecular flexibility index (Phi) is 5.17. The minimum atomic E-state index is 0. The van der Waals surface area contributed by atoms with Crippen molar-refractivity contribution in [2.45, 2.75) is 32.2 Å². The monoisotopic (exact) mass is 268 g/mol. The molecule has 1 amide bonds. The van der Waals surface area contributed by atoms with Gasteiger partial charge in [-0.2, -0.15) is 0 Å². The van der Waals surface area contributed by atoms with Crippen LogP contribution in [0.1, 0.15) is 42.1 Å². The Morgan fingerprint density at radius 1 is 1.33 bits per heavy atom. The predicted molar refractivity (Wildman–Crippen MR) is 76.3 cm³/mol. The van der Waals surface area contributed by atoms with Crippen molar-refractivity contribution in [3.63, 3.8) is 0 Å². The molecule has 100 valence electrons. The third-order valence-electron chi connectivity index (χ3n) is 3.34. The molecule has 1 aromatic rings. The number of nitrogens with two attached hydrogens (primary N) is 1. The topological polar surface area (TPSA) is 46.3 Å². The summed E-state index contributed by atoms with van der Waals surface area (Å²) in [5.74, 6) is 0.604. The molecule has 1 aliphatic heterocycles. The van der Waals surface area contributed by atoms with Crippen molar-refractivity contribution in [3.05, 3.63) is 35.4 Å². The summed E-state index contributed by atoms with van der Waals surface area (Å²) in [5.41, 5.74) is 7.84. The lowest BCUT2D eigenvalue weighted by atomic mass is 10.0. The Hall–Kier alpha value is -1.06. The fourth-order valence-electron chi connectivity index (χ4n) is 2.16. The highest BCUT2D eigenvalue weighted by Crippen LogP contribution is 2.17. The van der Waals surface area contributed by atoms with Crippen molar-refractivity contribution >= 4 is 18.3 Å². The molecule has 0 aliphatic carbocycles. The van der Waals surface area contributed by atoms with E-state index in [9.17, 15) is 4.79 Å². The van der Waals surface area contributed by atoms with Gasteiger partial charge in [0.15, 0.2) is 0 Å². The molecule has 0 bridgehead atoms. The van der Waals surface area contributed by atoms with Gasteiger partial charge in [-0.15, -0.1) is 12.4 Å². The van der Waals surface area contributed by atoms with Gasteiger partial charge in [0.2, 0.25) is 0 Å². The average Bonchev–Trinajstić information content (AvgIpc) is 2.75.